The van der Waals surface area contributed by atoms with Crippen LogP contribution in [0, 0.1) is 13.8 Å². The molecule has 0 atom stereocenters. The van der Waals surface area contributed by atoms with Crippen molar-refractivity contribution in [3.8, 4) is 11.3 Å². The number of nitrogens with zero attached hydrogens (tertiary/aromatic N) is 2. The summed E-state index contributed by atoms with van der Waals surface area (Å²) in [6, 6.07) is 19.4. The molecule has 1 amide bonds. The standard InChI is InChI=1S/C23H25N3O2/c1-17-5-9-19(10-6-17)16-24-22(27)4-3-15-26-23(28)14-13-21(25-26)20-11-7-18(2)8-12-20/h5-14H,3-4,15-16H2,1-2H3,(H,24,27). The lowest BCUT2D eigenvalue weighted by Crippen LogP contribution is -2.25. The van der Waals surface area contributed by atoms with Gasteiger partial charge in [-0.15, -0.1) is 0 Å². The van der Waals surface area contributed by atoms with Gasteiger partial charge in [0.05, 0.1) is 5.69 Å². The van der Waals surface area contributed by atoms with Crippen LogP contribution in [-0.4, -0.2) is 15.7 Å². The van der Waals surface area contributed by atoms with Gasteiger partial charge in [0.25, 0.3) is 5.56 Å². The van der Waals surface area contributed by atoms with Crippen molar-refractivity contribution in [2.75, 3.05) is 0 Å². The van der Waals surface area contributed by atoms with Crippen LogP contribution in [0.15, 0.2) is 65.5 Å². The zero-order valence-electron chi connectivity index (χ0n) is 16.3. The number of hydrogen-bond donors (Lipinski definition) is 1. The first-order chi connectivity index (χ1) is 13.5. The summed E-state index contributed by atoms with van der Waals surface area (Å²) in [5.74, 6) is -0.0247. The number of amides is 1. The first-order valence-corrected chi connectivity index (χ1v) is 9.49. The molecule has 3 aromatic rings. The van der Waals surface area contributed by atoms with E-state index in [1.54, 1.807) is 6.07 Å². The summed E-state index contributed by atoms with van der Waals surface area (Å²) in [6.07, 6.45) is 0.915. The first kappa shape index (κ1) is 19.5. The van der Waals surface area contributed by atoms with Crippen molar-refractivity contribution in [1.29, 1.82) is 0 Å². The van der Waals surface area contributed by atoms with E-state index >= 15 is 0 Å². The van der Waals surface area contributed by atoms with Gasteiger partial charge < -0.3 is 5.32 Å². The molecule has 3 rings (SSSR count). The van der Waals surface area contributed by atoms with Crippen molar-refractivity contribution in [2.24, 2.45) is 0 Å². The summed E-state index contributed by atoms with van der Waals surface area (Å²) < 4.78 is 1.43. The van der Waals surface area contributed by atoms with Crippen LogP contribution in [0.4, 0.5) is 0 Å². The molecule has 0 radical (unpaired) electrons. The van der Waals surface area contributed by atoms with Crippen molar-refractivity contribution in [3.05, 3.63) is 87.7 Å². The maximum Gasteiger partial charge on any atom is 0.266 e. The average Bonchev–Trinajstić information content (AvgIpc) is 2.70. The van der Waals surface area contributed by atoms with Crippen LogP contribution in [0.5, 0.6) is 0 Å². The molecule has 0 bridgehead atoms. The Kier molecular flexibility index (Phi) is 6.37. The van der Waals surface area contributed by atoms with E-state index in [1.807, 2.05) is 62.4 Å². The Bertz CT molecular complexity index is 990. The lowest BCUT2D eigenvalue weighted by Gasteiger charge is -2.08. The quantitative estimate of drug-likeness (QED) is 0.686. The molecule has 0 fully saturated rings. The van der Waals surface area contributed by atoms with E-state index in [0.29, 0.717) is 25.9 Å². The van der Waals surface area contributed by atoms with Gasteiger partial charge in [0.2, 0.25) is 5.91 Å². The van der Waals surface area contributed by atoms with E-state index in [-0.39, 0.29) is 11.5 Å². The lowest BCUT2D eigenvalue weighted by molar-refractivity contribution is -0.121. The van der Waals surface area contributed by atoms with Gasteiger partial charge in [0.1, 0.15) is 0 Å². The molecular formula is C23H25N3O2. The van der Waals surface area contributed by atoms with Gasteiger partial charge in [0, 0.05) is 31.1 Å². The molecule has 0 aliphatic carbocycles. The summed E-state index contributed by atoms with van der Waals surface area (Å²) in [5, 5.41) is 7.36. The third-order valence-corrected chi connectivity index (χ3v) is 4.60. The molecular weight excluding hydrogens is 350 g/mol. The van der Waals surface area contributed by atoms with Crippen LogP contribution in [0.3, 0.4) is 0 Å². The van der Waals surface area contributed by atoms with Crippen molar-refractivity contribution < 1.29 is 4.79 Å². The van der Waals surface area contributed by atoms with Crippen LogP contribution in [0.25, 0.3) is 11.3 Å². The Labute approximate surface area is 165 Å². The third-order valence-electron chi connectivity index (χ3n) is 4.60. The summed E-state index contributed by atoms with van der Waals surface area (Å²) >= 11 is 0. The second-order valence-electron chi connectivity index (χ2n) is 7.01. The normalized spacial score (nSPS) is 10.6. The van der Waals surface area contributed by atoms with Crippen LogP contribution in [0.1, 0.15) is 29.5 Å². The molecule has 144 valence electrons. The van der Waals surface area contributed by atoms with E-state index < -0.39 is 0 Å². The molecule has 0 saturated heterocycles. The first-order valence-electron chi connectivity index (χ1n) is 9.49. The fourth-order valence-electron chi connectivity index (χ4n) is 2.87. The average molecular weight is 375 g/mol. The molecule has 28 heavy (non-hydrogen) atoms. The molecule has 2 aromatic carbocycles. The topological polar surface area (TPSA) is 64.0 Å². The number of carbonyl (C=O) groups excluding carboxylic acids is 1. The van der Waals surface area contributed by atoms with E-state index in [0.717, 1.165) is 16.8 Å². The molecule has 1 heterocycles. The van der Waals surface area contributed by atoms with Crippen LogP contribution >= 0.6 is 0 Å². The number of carbonyl (C=O) groups is 1. The molecule has 0 unspecified atom stereocenters. The van der Waals surface area contributed by atoms with E-state index in [9.17, 15) is 9.59 Å². The largest absolute Gasteiger partial charge is 0.352 e. The lowest BCUT2D eigenvalue weighted by atomic mass is 10.1. The maximum absolute atomic E-state index is 12.1. The minimum atomic E-state index is -0.157. The summed E-state index contributed by atoms with van der Waals surface area (Å²) in [4.78, 5) is 24.1. The maximum atomic E-state index is 12.1. The summed E-state index contributed by atoms with van der Waals surface area (Å²) in [7, 11) is 0. The second-order valence-corrected chi connectivity index (χ2v) is 7.01. The Morgan fingerprint density at radius 3 is 2.25 bits per heavy atom. The van der Waals surface area contributed by atoms with E-state index in [2.05, 4.69) is 10.4 Å². The van der Waals surface area contributed by atoms with Crippen molar-refractivity contribution in [1.82, 2.24) is 15.1 Å². The fraction of sp³-hybridized carbons (Fsp3) is 0.261. The van der Waals surface area contributed by atoms with E-state index in [1.165, 1.54) is 21.9 Å². The highest BCUT2D eigenvalue weighted by Crippen LogP contribution is 2.15. The summed E-state index contributed by atoms with van der Waals surface area (Å²) in [6.45, 7) is 4.99. The Hall–Kier alpha value is -3.21. The van der Waals surface area contributed by atoms with E-state index in [4.69, 9.17) is 0 Å². The van der Waals surface area contributed by atoms with Crippen LogP contribution in [-0.2, 0) is 17.9 Å². The SMILES string of the molecule is Cc1ccc(CNC(=O)CCCn2nc(-c3ccc(C)cc3)ccc2=O)cc1. The predicted octanol–water partition coefficient (Wildman–Crippen LogP) is 3.62. The molecule has 5 nitrogen and oxygen atoms in total. The molecule has 5 heteroatoms. The number of aromatic nitrogens is 2. The zero-order valence-corrected chi connectivity index (χ0v) is 16.3. The number of benzene rings is 2. The number of nitrogens with one attached hydrogen (secondary N) is 1. The van der Waals surface area contributed by atoms with Crippen LogP contribution < -0.4 is 10.9 Å². The van der Waals surface area contributed by atoms with Gasteiger partial charge in [-0.05, 0) is 31.9 Å². The van der Waals surface area contributed by atoms with Gasteiger partial charge in [-0.3, -0.25) is 9.59 Å². The van der Waals surface area contributed by atoms with Gasteiger partial charge >= 0.3 is 0 Å². The highest BCUT2D eigenvalue weighted by molar-refractivity contribution is 5.75. The monoisotopic (exact) mass is 375 g/mol. The fourth-order valence-corrected chi connectivity index (χ4v) is 2.87. The Morgan fingerprint density at radius 1 is 0.929 bits per heavy atom. The number of aryl methyl sites for hydroxylation is 3. The highest BCUT2D eigenvalue weighted by atomic mass is 16.1. The molecule has 1 N–H and O–H groups in total. The van der Waals surface area contributed by atoms with Gasteiger partial charge in [-0.1, -0.05) is 59.7 Å². The smallest absolute Gasteiger partial charge is 0.266 e. The van der Waals surface area contributed by atoms with Gasteiger partial charge in [0.15, 0.2) is 0 Å². The second kappa shape index (κ2) is 9.13. The molecule has 0 aliphatic heterocycles. The minimum absolute atomic E-state index is 0.0247. The Morgan fingerprint density at radius 2 is 1.57 bits per heavy atom. The molecule has 0 saturated carbocycles. The Balaban J connectivity index is 1.53. The number of rotatable bonds is 7. The number of hydrogen-bond acceptors (Lipinski definition) is 3. The third kappa shape index (κ3) is 5.39. The molecule has 0 spiro atoms. The highest BCUT2D eigenvalue weighted by Gasteiger charge is 2.06. The van der Waals surface area contributed by atoms with Gasteiger partial charge in [-0.25, -0.2) is 4.68 Å². The van der Waals surface area contributed by atoms with Crippen molar-refractivity contribution in [2.45, 2.75) is 39.8 Å². The van der Waals surface area contributed by atoms with Crippen LogP contribution in [0.2, 0.25) is 0 Å². The minimum Gasteiger partial charge on any atom is -0.352 e. The zero-order chi connectivity index (χ0) is 19.9. The summed E-state index contributed by atoms with van der Waals surface area (Å²) in [5.41, 5.74) is 5.01. The van der Waals surface area contributed by atoms with Crippen molar-refractivity contribution in [3.63, 3.8) is 0 Å². The van der Waals surface area contributed by atoms with Crippen molar-refractivity contribution >= 4 is 5.91 Å². The molecule has 0 aliphatic rings. The van der Waals surface area contributed by atoms with Gasteiger partial charge in [-0.2, -0.15) is 5.10 Å². The molecule has 1 aromatic heterocycles. The predicted molar refractivity (Wildman–Crippen MR) is 111 cm³/mol.